The Bertz CT molecular complexity index is 716. The monoisotopic (exact) mass is 414 g/mol. The first-order valence-electron chi connectivity index (χ1n) is 10.4. The molecule has 1 aliphatic rings. The lowest BCUT2D eigenvalue weighted by Crippen LogP contribution is -2.21. The minimum absolute atomic E-state index is 0.00105. The van der Waals surface area contributed by atoms with Gasteiger partial charge in [0, 0.05) is 6.42 Å². The van der Waals surface area contributed by atoms with Gasteiger partial charge in [0.1, 0.15) is 6.10 Å². The molecule has 1 fully saturated rings. The fourth-order valence-corrected chi connectivity index (χ4v) is 2.78. The van der Waals surface area contributed by atoms with Gasteiger partial charge in [-0.05, 0) is 57.8 Å². The smallest absolute Gasteiger partial charge is 0.303 e. The highest BCUT2D eigenvalue weighted by Gasteiger charge is 2.38. The molecule has 1 heterocycles. The second-order valence-electron chi connectivity index (χ2n) is 7.35. The molecule has 0 spiro atoms. The van der Waals surface area contributed by atoms with Crippen molar-refractivity contribution in [2.75, 3.05) is 0 Å². The van der Waals surface area contributed by atoms with Crippen molar-refractivity contribution >= 4 is 5.97 Å². The minimum Gasteiger partial charge on any atom is -0.481 e. The van der Waals surface area contributed by atoms with Gasteiger partial charge in [-0.15, -0.1) is 0 Å². The topological polar surface area (TPSA) is 76.0 Å². The lowest BCUT2D eigenvalue weighted by atomic mass is 10.1. The molecule has 5 heteroatoms. The molecule has 0 aromatic rings. The number of hydrogen-bond donors (Lipinski definition) is 2. The predicted octanol–water partition coefficient (Wildman–Crippen LogP) is 4.71. The SMILES string of the molecule is CC/C=C\C[C@@H]1OC(C)(C)O[C@@H]1/C=C/C=C/C#C/C=C/C(O)C/C=C\CCC(=O)O. The first-order valence-corrected chi connectivity index (χ1v) is 10.4. The number of aliphatic hydroxyl groups is 1. The van der Waals surface area contributed by atoms with Crippen LogP contribution in [-0.2, 0) is 14.3 Å². The van der Waals surface area contributed by atoms with E-state index < -0.39 is 17.9 Å². The van der Waals surface area contributed by atoms with Crippen molar-refractivity contribution in [2.45, 2.75) is 77.0 Å². The van der Waals surface area contributed by atoms with Gasteiger partial charge in [0.2, 0.25) is 0 Å². The van der Waals surface area contributed by atoms with Crippen LogP contribution in [0.5, 0.6) is 0 Å². The summed E-state index contributed by atoms with van der Waals surface area (Å²) < 4.78 is 11.9. The van der Waals surface area contributed by atoms with Crippen LogP contribution in [0.2, 0.25) is 0 Å². The summed E-state index contributed by atoms with van der Waals surface area (Å²) in [7, 11) is 0. The molecule has 5 nitrogen and oxygen atoms in total. The first-order chi connectivity index (χ1) is 14.3. The van der Waals surface area contributed by atoms with Crippen molar-refractivity contribution < 1.29 is 24.5 Å². The predicted molar refractivity (Wildman–Crippen MR) is 120 cm³/mol. The van der Waals surface area contributed by atoms with E-state index in [4.69, 9.17) is 14.6 Å². The average Bonchev–Trinajstić information content (AvgIpc) is 2.97. The van der Waals surface area contributed by atoms with Crippen molar-refractivity contribution in [2.24, 2.45) is 0 Å². The van der Waals surface area contributed by atoms with E-state index in [0.717, 1.165) is 12.8 Å². The Balaban J connectivity index is 2.39. The van der Waals surface area contributed by atoms with Crippen LogP contribution in [-0.4, -0.2) is 40.3 Å². The third-order valence-electron chi connectivity index (χ3n) is 4.14. The van der Waals surface area contributed by atoms with Crippen LogP contribution < -0.4 is 0 Å². The lowest BCUT2D eigenvalue weighted by molar-refractivity contribution is -0.142. The molecule has 0 bridgehead atoms. The summed E-state index contributed by atoms with van der Waals surface area (Å²) in [6.45, 7) is 5.95. The van der Waals surface area contributed by atoms with E-state index in [1.54, 1.807) is 30.4 Å². The van der Waals surface area contributed by atoms with E-state index in [-0.39, 0.29) is 18.6 Å². The quantitative estimate of drug-likeness (QED) is 0.291. The van der Waals surface area contributed by atoms with Gasteiger partial charge in [-0.1, -0.05) is 61.3 Å². The Labute approximate surface area is 180 Å². The highest BCUT2D eigenvalue weighted by molar-refractivity contribution is 5.66. The largest absolute Gasteiger partial charge is 0.481 e. The van der Waals surface area contributed by atoms with Crippen LogP contribution in [0.25, 0.3) is 0 Å². The standard InChI is InChI=1S/C25H34O5/c1-4-5-11-18-22-23(30-25(2,3)29-22)19-14-9-7-6-8-12-16-21(26)17-13-10-15-20-24(27)28/h5,7,9-14,16,19,21-23,26H,4,15,17-18,20H2,1-3H3,(H,27,28)/b9-7+,11-5-,13-10-,16-12+,19-14+/t21?,22-,23+/m0/s1. The van der Waals surface area contributed by atoms with Crippen LogP contribution in [0.15, 0.2) is 60.8 Å². The number of hydrogen-bond acceptors (Lipinski definition) is 4. The number of rotatable bonds is 11. The van der Waals surface area contributed by atoms with Crippen LogP contribution >= 0.6 is 0 Å². The minimum atomic E-state index is -0.824. The summed E-state index contributed by atoms with van der Waals surface area (Å²) >= 11 is 0. The normalized spacial score (nSPS) is 22.5. The van der Waals surface area contributed by atoms with E-state index in [0.29, 0.717) is 12.8 Å². The number of carboxylic acids is 1. The second-order valence-corrected chi connectivity index (χ2v) is 7.35. The van der Waals surface area contributed by atoms with Gasteiger partial charge in [0.15, 0.2) is 5.79 Å². The fraction of sp³-hybridized carbons (Fsp3) is 0.480. The highest BCUT2D eigenvalue weighted by Crippen LogP contribution is 2.30. The van der Waals surface area contributed by atoms with Gasteiger partial charge in [0.25, 0.3) is 0 Å². The first kappa shape index (κ1) is 25.6. The number of carboxylic acid groups (broad SMARTS) is 1. The van der Waals surface area contributed by atoms with Gasteiger partial charge in [0.05, 0.1) is 12.2 Å². The summed E-state index contributed by atoms with van der Waals surface area (Å²) in [5, 5.41) is 18.3. The lowest BCUT2D eigenvalue weighted by Gasteiger charge is -2.16. The van der Waals surface area contributed by atoms with Crippen molar-refractivity contribution in [3.8, 4) is 11.8 Å². The molecule has 1 unspecified atom stereocenters. The molecule has 1 aliphatic heterocycles. The Morgan fingerprint density at radius 2 is 1.87 bits per heavy atom. The average molecular weight is 415 g/mol. The Hall–Kier alpha value is -2.39. The van der Waals surface area contributed by atoms with Crippen LogP contribution in [0, 0.1) is 11.8 Å². The zero-order chi connectivity index (χ0) is 22.2. The second kappa shape index (κ2) is 14.6. The van der Waals surface area contributed by atoms with Gasteiger partial charge >= 0.3 is 5.97 Å². The third kappa shape index (κ3) is 12.2. The van der Waals surface area contributed by atoms with Gasteiger partial charge in [-0.25, -0.2) is 0 Å². The summed E-state index contributed by atoms with van der Waals surface area (Å²) in [6.07, 6.45) is 20.6. The molecular weight excluding hydrogens is 380 g/mol. The fourth-order valence-electron chi connectivity index (χ4n) is 2.78. The van der Waals surface area contributed by atoms with Crippen LogP contribution in [0.1, 0.15) is 52.9 Å². The van der Waals surface area contributed by atoms with Crippen molar-refractivity contribution in [3.63, 3.8) is 0 Å². The van der Waals surface area contributed by atoms with Crippen molar-refractivity contribution in [1.29, 1.82) is 0 Å². The van der Waals surface area contributed by atoms with Gasteiger partial charge < -0.3 is 19.7 Å². The molecule has 1 saturated heterocycles. The van der Waals surface area contributed by atoms with Gasteiger partial charge in [-0.3, -0.25) is 4.79 Å². The van der Waals surface area contributed by atoms with Crippen LogP contribution in [0.4, 0.5) is 0 Å². The van der Waals surface area contributed by atoms with E-state index in [2.05, 4.69) is 30.9 Å². The molecule has 0 aliphatic carbocycles. The van der Waals surface area contributed by atoms with Gasteiger partial charge in [-0.2, -0.15) is 0 Å². The molecule has 3 atom stereocenters. The summed E-state index contributed by atoms with van der Waals surface area (Å²) in [4.78, 5) is 10.4. The molecule has 0 amide bonds. The molecule has 0 aromatic heterocycles. The Morgan fingerprint density at radius 1 is 1.10 bits per heavy atom. The number of ether oxygens (including phenoxy) is 2. The highest BCUT2D eigenvalue weighted by atomic mass is 16.7. The van der Waals surface area contributed by atoms with Crippen LogP contribution in [0.3, 0.4) is 0 Å². The van der Waals surface area contributed by atoms with Crippen molar-refractivity contribution in [1.82, 2.24) is 0 Å². The molecule has 0 radical (unpaired) electrons. The van der Waals surface area contributed by atoms with E-state index in [1.165, 1.54) is 0 Å². The molecule has 0 saturated carbocycles. The summed E-state index contributed by atoms with van der Waals surface area (Å²) in [5.74, 6) is 4.31. The third-order valence-corrected chi connectivity index (χ3v) is 4.14. The summed E-state index contributed by atoms with van der Waals surface area (Å²) in [6, 6.07) is 0. The molecule has 2 N–H and O–H groups in total. The Morgan fingerprint density at radius 3 is 2.60 bits per heavy atom. The van der Waals surface area contributed by atoms with E-state index in [9.17, 15) is 9.90 Å². The summed E-state index contributed by atoms with van der Waals surface area (Å²) in [5.41, 5.74) is 0. The van der Waals surface area contributed by atoms with E-state index in [1.807, 2.05) is 32.1 Å². The maximum atomic E-state index is 10.4. The molecule has 1 rings (SSSR count). The maximum Gasteiger partial charge on any atom is 0.303 e. The number of allylic oxidation sites excluding steroid dienone is 6. The molecule has 164 valence electrons. The van der Waals surface area contributed by atoms with E-state index >= 15 is 0 Å². The zero-order valence-electron chi connectivity index (χ0n) is 18.2. The molecular formula is C25H34O5. The number of carbonyl (C=O) groups is 1. The molecule has 30 heavy (non-hydrogen) atoms. The maximum absolute atomic E-state index is 10.4. The zero-order valence-corrected chi connectivity index (χ0v) is 18.2. The molecule has 0 aromatic carbocycles. The Kier molecular flexibility index (Phi) is 12.5. The number of aliphatic carboxylic acids is 1. The number of aliphatic hydroxyl groups excluding tert-OH is 1. The van der Waals surface area contributed by atoms with Crippen molar-refractivity contribution in [3.05, 3.63) is 60.8 Å².